The average molecular weight is 541 g/mol. The van der Waals surface area contributed by atoms with Crippen molar-refractivity contribution in [3.63, 3.8) is 0 Å². The molecule has 0 aliphatic carbocycles. The zero-order valence-electron chi connectivity index (χ0n) is 22.2. The van der Waals surface area contributed by atoms with E-state index in [1.807, 2.05) is 24.3 Å². The van der Waals surface area contributed by atoms with Gasteiger partial charge in [-0.3, -0.25) is 4.79 Å². The first kappa shape index (κ1) is 27.9. The van der Waals surface area contributed by atoms with Crippen molar-refractivity contribution in [3.05, 3.63) is 113 Å². The molecular formula is C32H28O8. The molecule has 0 aromatic heterocycles. The molecule has 40 heavy (non-hydrogen) atoms. The van der Waals surface area contributed by atoms with Gasteiger partial charge in [-0.2, -0.15) is 0 Å². The van der Waals surface area contributed by atoms with Gasteiger partial charge in [0, 0.05) is 6.92 Å². The van der Waals surface area contributed by atoms with E-state index in [1.165, 1.54) is 56.5 Å². The molecule has 1 unspecified atom stereocenters. The minimum Gasteiger partial charge on any atom is -0.504 e. The molecule has 0 heterocycles. The average Bonchev–Trinajstić information content (AvgIpc) is 2.94. The van der Waals surface area contributed by atoms with Gasteiger partial charge in [-0.25, -0.2) is 9.59 Å². The predicted octanol–water partition coefficient (Wildman–Crippen LogP) is 6.11. The number of ether oxygens (including phenoxy) is 4. The maximum Gasteiger partial charge on any atom is 0.343 e. The molecule has 0 amide bonds. The van der Waals surface area contributed by atoms with Crippen LogP contribution >= 0.6 is 0 Å². The molecule has 204 valence electrons. The predicted molar refractivity (Wildman–Crippen MR) is 147 cm³/mol. The number of esters is 3. The van der Waals surface area contributed by atoms with Crippen molar-refractivity contribution in [1.82, 2.24) is 0 Å². The SMILES string of the molecule is COc1cc(C(=O)Oc2ccc(C(=O)Oc3ccc(CC(C)c4ccc(OC(C)=O)cc4)cc3)cc2)ccc1O. The molecule has 0 aliphatic rings. The molecule has 0 saturated heterocycles. The van der Waals surface area contributed by atoms with Gasteiger partial charge in [0.1, 0.15) is 17.2 Å². The topological polar surface area (TPSA) is 108 Å². The number of benzene rings is 4. The fourth-order valence-corrected chi connectivity index (χ4v) is 3.99. The Hall–Kier alpha value is -5.11. The Morgan fingerprint density at radius 3 is 1.77 bits per heavy atom. The molecule has 4 rings (SSSR count). The first-order chi connectivity index (χ1) is 19.2. The Morgan fingerprint density at radius 2 is 1.20 bits per heavy atom. The highest BCUT2D eigenvalue weighted by molar-refractivity contribution is 5.93. The summed E-state index contributed by atoms with van der Waals surface area (Å²) in [7, 11) is 1.38. The Kier molecular flexibility index (Phi) is 8.81. The molecule has 1 N–H and O–H groups in total. The van der Waals surface area contributed by atoms with Crippen LogP contribution in [-0.4, -0.2) is 30.1 Å². The first-order valence-corrected chi connectivity index (χ1v) is 12.5. The highest BCUT2D eigenvalue weighted by Gasteiger charge is 2.14. The van der Waals surface area contributed by atoms with Crippen LogP contribution in [0.2, 0.25) is 0 Å². The lowest BCUT2D eigenvalue weighted by molar-refractivity contribution is -0.131. The standard InChI is InChI=1S/C32H28O8/c1-20(23-6-13-26(14-7-23)38-21(2)33)18-22-4-11-27(12-5-22)39-31(35)24-8-15-28(16-9-24)40-32(36)25-10-17-29(34)30(19-25)37-3/h4-17,19-20,34H,18H2,1-3H3. The van der Waals surface area contributed by atoms with E-state index in [0.29, 0.717) is 17.1 Å². The molecule has 4 aromatic carbocycles. The maximum absolute atomic E-state index is 12.6. The van der Waals surface area contributed by atoms with Gasteiger partial charge < -0.3 is 24.1 Å². The van der Waals surface area contributed by atoms with Gasteiger partial charge in [0.05, 0.1) is 18.2 Å². The van der Waals surface area contributed by atoms with Gasteiger partial charge in [-0.05, 0) is 90.2 Å². The van der Waals surface area contributed by atoms with Crippen LogP contribution in [0.1, 0.15) is 51.6 Å². The number of rotatable bonds is 9. The first-order valence-electron chi connectivity index (χ1n) is 12.5. The van der Waals surface area contributed by atoms with E-state index in [1.54, 1.807) is 24.3 Å². The van der Waals surface area contributed by atoms with E-state index in [0.717, 1.165) is 17.5 Å². The van der Waals surface area contributed by atoms with E-state index in [2.05, 4.69) is 6.92 Å². The van der Waals surface area contributed by atoms with Gasteiger partial charge in [-0.15, -0.1) is 0 Å². The van der Waals surface area contributed by atoms with Crippen molar-refractivity contribution in [1.29, 1.82) is 0 Å². The lowest BCUT2D eigenvalue weighted by Crippen LogP contribution is -2.10. The Bertz CT molecular complexity index is 1490. The molecule has 1 atom stereocenters. The molecule has 4 aromatic rings. The summed E-state index contributed by atoms with van der Waals surface area (Å²) in [4.78, 5) is 36.1. The van der Waals surface area contributed by atoms with Crippen LogP contribution in [-0.2, 0) is 11.2 Å². The van der Waals surface area contributed by atoms with Gasteiger partial charge in [0.25, 0.3) is 0 Å². The summed E-state index contributed by atoms with van der Waals surface area (Å²) in [6.07, 6.45) is 0.776. The lowest BCUT2D eigenvalue weighted by atomic mass is 9.94. The third-order valence-electron chi connectivity index (χ3n) is 6.10. The lowest BCUT2D eigenvalue weighted by Gasteiger charge is -2.13. The molecule has 0 aliphatic heterocycles. The monoisotopic (exact) mass is 540 g/mol. The van der Waals surface area contributed by atoms with Crippen LogP contribution in [0.25, 0.3) is 0 Å². The molecule has 0 saturated carbocycles. The maximum atomic E-state index is 12.6. The summed E-state index contributed by atoms with van der Waals surface area (Å²) in [6.45, 7) is 3.48. The second kappa shape index (κ2) is 12.6. The fourth-order valence-electron chi connectivity index (χ4n) is 3.99. The summed E-state index contributed by atoms with van der Waals surface area (Å²) in [6, 6.07) is 24.9. The van der Waals surface area contributed by atoms with Gasteiger partial charge in [-0.1, -0.05) is 31.2 Å². The fraction of sp³-hybridized carbons (Fsp3) is 0.156. The van der Waals surface area contributed by atoms with E-state index in [9.17, 15) is 19.5 Å². The van der Waals surface area contributed by atoms with Crippen molar-refractivity contribution in [2.24, 2.45) is 0 Å². The molecule has 0 radical (unpaired) electrons. The normalized spacial score (nSPS) is 11.3. The Labute approximate surface area is 231 Å². The van der Waals surface area contributed by atoms with Gasteiger partial charge >= 0.3 is 17.9 Å². The summed E-state index contributed by atoms with van der Waals surface area (Å²) in [5, 5.41) is 9.68. The van der Waals surface area contributed by atoms with Crippen LogP contribution in [0.5, 0.6) is 28.7 Å². The number of hydrogen-bond acceptors (Lipinski definition) is 8. The van der Waals surface area contributed by atoms with Crippen molar-refractivity contribution in [2.75, 3.05) is 7.11 Å². The summed E-state index contributed by atoms with van der Waals surface area (Å²) >= 11 is 0. The van der Waals surface area contributed by atoms with Crippen LogP contribution < -0.4 is 18.9 Å². The van der Waals surface area contributed by atoms with Crippen LogP contribution in [0.15, 0.2) is 91.0 Å². The van der Waals surface area contributed by atoms with Gasteiger partial charge in [0.15, 0.2) is 11.5 Å². The quantitative estimate of drug-likeness (QED) is 0.200. The number of carbonyl (C=O) groups excluding carboxylic acids is 3. The highest BCUT2D eigenvalue weighted by atomic mass is 16.5. The molecule has 0 bridgehead atoms. The van der Waals surface area contributed by atoms with Crippen LogP contribution in [0, 0.1) is 0 Å². The van der Waals surface area contributed by atoms with E-state index in [4.69, 9.17) is 18.9 Å². The van der Waals surface area contributed by atoms with E-state index in [-0.39, 0.29) is 34.7 Å². The minimum absolute atomic E-state index is 0.0875. The number of carbonyl (C=O) groups is 3. The number of methoxy groups -OCH3 is 1. The smallest absolute Gasteiger partial charge is 0.343 e. The summed E-state index contributed by atoms with van der Waals surface area (Å²) in [5.74, 6) is -0.0799. The van der Waals surface area contributed by atoms with Gasteiger partial charge in [0.2, 0.25) is 0 Å². The largest absolute Gasteiger partial charge is 0.504 e. The van der Waals surface area contributed by atoms with Crippen molar-refractivity contribution in [2.45, 2.75) is 26.2 Å². The zero-order valence-corrected chi connectivity index (χ0v) is 22.2. The molecule has 8 nitrogen and oxygen atoms in total. The molecule has 8 heteroatoms. The molecule has 0 spiro atoms. The third kappa shape index (κ3) is 7.26. The second-order valence-electron chi connectivity index (χ2n) is 9.10. The number of phenols is 1. The second-order valence-corrected chi connectivity index (χ2v) is 9.10. The van der Waals surface area contributed by atoms with Crippen LogP contribution in [0.3, 0.4) is 0 Å². The summed E-state index contributed by atoms with van der Waals surface area (Å²) in [5.41, 5.74) is 2.69. The number of aromatic hydroxyl groups is 1. The van der Waals surface area contributed by atoms with Crippen molar-refractivity contribution < 1.29 is 38.4 Å². The molecule has 0 fully saturated rings. The van der Waals surface area contributed by atoms with Crippen molar-refractivity contribution in [3.8, 4) is 28.7 Å². The third-order valence-corrected chi connectivity index (χ3v) is 6.10. The van der Waals surface area contributed by atoms with Crippen molar-refractivity contribution >= 4 is 17.9 Å². The highest BCUT2D eigenvalue weighted by Crippen LogP contribution is 2.27. The summed E-state index contributed by atoms with van der Waals surface area (Å²) < 4.78 is 20.9. The minimum atomic E-state index is -0.637. The Balaban J connectivity index is 1.31. The number of phenolic OH excluding ortho intramolecular Hbond substituents is 1. The number of hydrogen-bond donors (Lipinski definition) is 1. The Morgan fingerprint density at radius 1 is 0.700 bits per heavy atom. The molecular weight excluding hydrogens is 512 g/mol. The zero-order chi connectivity index (χ0) is 28.6. The van der Waals surface area contributed by atoms with E-state index >= 15 is 0 Å². The van der Waals surface area contributed by atoms with Crippen LogP contribution in [0.4, 0.5) is 0 Å². The van der Waals surface area contributed by atoms with E-state index < -0.39 is 11.9 Å².